The van der Waals surface area contributed by atoms with E-state index < -0.39 is 0 Å². The van der Waals surface area contributed by atoms with Crippen LogP contribution in [-0.2, 0) is 4.79 Å². The topological polar surface area (TPSA) is 45.2 Å². The van der Waals surface area contributed by atoms with Gasteiger partial charge in [0.05, 0.1) is 11.6 Å². The van der Waals surface area contributed by atoms with Crippen LogP contribution in [0.3, 0.4) is 0 Å². The second-order valence-corrected chi connectivity index (χ2v) is 7.15. The summed E-state index contributed by atoms with van der Waals surface area (Å²) in [6, 6.07) is 10.2. The van der Waals surface area contributed by atoms with Crippen molar-refractivity contribution in [2.45, 2.75) is 32.6 Å². The summed E-state index contributed by atoms with van der Waals surface area (Å²) < 4.78 is 0. The first-order chi connectivity index (χ1) is 11.8. The molecular formula is C19H25N3OS. The normalized spacial score (nSPS) is 17.7. The average molecular weight is 343 g/mol. The van der Waals surface area contributed by atoms with E-state index in [1.165, 1.54) is 0 Å². The first-order valence-electron chi connectivity index (χ1n) is 8.81. The van der Waals surface area contributed by atoms with E-state index in [0.29, 0.717) is 0 Å². The molecule has 1 aliphatic rings. The monoisotopic (exact) mass is 343 g/mol. The molecule has 1 unspecified atom stereocenters. The first-order valence-corrected chi connectivity index (χ1v) is 9.69. The molecule has 1 N–H and O–H groups in total. The van der Waals surface area contributed by atoms with Gasteiger partial charge in [0.1, 0.15) is 0 Å². The molecule has 2 aromatic rings. The van der Waals surface area contributed by atoms with Gasteiger partial charge in [0.25, 0.3) is 0 Å². The largest absolute Gasteiger partial charge is 0.356 e. The van der Waals surface area contributed by atoms with Crippen LogP contribution >= 0.6 is 11.3 Å². The smallest absolute Gasteiger partial charge is 0.224 e. The molecule has 3 rings (SSSR count). The van der Waals surface area contributed by atoms with E-state index >= 15 is 0 Å². The Kier molecular flexibility index (Phi) is 5.86. The molecule has 0 bridgehead atoms. The van der Waals surface area contributed by atoms with Crippen molar-refractivity contribution in [1.82, 2.24) is 10.3 Å². The molecule has 1 amide bonds. The van der Waals surface area contributed by atoms with Crippen molar-refractivity contribution in [1.29, 1.82) is 0 Å². The number of unbranched alkanes of at least 4 members (excludes halogenated alkanes) is 1. The maximum absolute atomic E-state index is 12.3. The number of anilines is 1. The lowest BCUT2D eigenvalue weighted by atomic mass is 9.97. The Labute approximate surface area is 147 Å². The summed E-state index contributed by atoms with van der Waals surface area (Å²) in [5, 5.41) is 6.21. The quantitative estimate of drug-likeness (QED) is 0.808. The molecule has 0 radical (unpaired) electrons. The maximum Gasteiger partial charge on any atom is 0.224 e. The molecule has 128 valence electrons. The number of aromatic nitrogens is 1. The number of hydrogen-bond acceptors (Lipinski definition) is 4. The minimum absolute atomic E-state index is 0.0830. The zero-order valence-corrected chi connectivity index (χ0v) is 15.0. The third kappa shape index (κ3) is 4.15. The summed E-state index contributed by atoms with van der Waals surface area (Å²) in [7, 11) is 0. The van der Waals surface area contributed by atoms with E-state index in [1.54, 1.807) is 11.3 Å². The Morgan fingerprint density at radius 1 is 1.38 bits per heavy atom. The van der Waals surface area contributed by atoms with Crippen LogP contribution in [0.5, 0.6) is 0 Å². The van der Waals surface area contributed by atoms with E-state index in [1.807, 2.05) is 18.2 Å². The highest BCUT2D eigenvalue weighted by Crippen LogP contribution is 2.30. The van der Waals surface area contributed by atoms with Crippen LogP contribution in [0.2, 0.25) is 0 Å². The third-order valence-electron chi connectivity index (χ3n) is 4.45. The molecule has 1 aromatic carbocycles. The summed E-state index contributed by atoms with van der Waals surface area (Å²) in [6.07, 6.45) is 4.19. The van der Waals surface area contributed by atoms with Crippen molar-refractivity contribution in [2.75, 3.05) is 24.5 Å². The molecule has 24 heavy (non-hydrogen) atoms. The Balaban J connectivity index is 1.63. The van der Waals surface area contributed by atoms with Crippen LogP contribution in [-0.4, -0.2) is 30.5 Å². The summed E-state index contributed by atoms with van der Waals surface area (Å²) >= 11 is 1.67. The van der Waals surface area contributed by atoms with Crippen molar-refractivity contribution in [3.8, 4) is 11.3 Å². The van der Waals surface area contributed by atoms with E-state index in [2.05, 4.69) is 34.7 Å². The predicted molar refractivity (Wildman–Crippen MR) is 100 cm³/mol. The zero-order chi connectivity index (χ0) is 16.8. The Morgan fingerprint density at radius 2 is 2.21 bits per heavy atom. The molecule has 1 saturated heterocycles. The van der Waals surface area contributed by atoms with Gasteiger partial charge in [0.2, 0.25) is 5.91 Å². The summed E-state index contributed by atoms with van der Waals surface area (Å²) in [6.45, 7) is 4.70. The van der Waals surface area contributed by atoms with Gasteiger partial charge in [0.15, 0.2) is 5.13 Å². The molecule has 0 spiro atoms. The zero-order valence-electron chi connectivity index (χ0n) is 14.2. The highest BCUT2D eigenvalue weighted by Gasteiger charge is 2.27. The molecule has 0 saturated carbocycles. The number of amides is 1. The lowest BCUT2D eigenvalue weighted by Gasteiger charge is -2.31. The van der Waals surface area contributed by atoms with Crippen molar-refractivity contribution >= 4 is 22.4 Å². The van der Waals surface area contributed by atoms with Crippen molar-refractivity contribution in [3.63, 3.8) is 0 Å². The second-order valence-electron chi connectivity index (χ2n) is 6.31. The average Bonchev–Trinajstić information content (AvgIpc) is 3.13. The van der Waals surface area contributed by atoms with Gasteiger partial charge in [-0.25, -0.2) is 4.98 Å². The number of hydrogen-bond donors (Lipinski definition) is 1. The maximum atomic E-state index is 12.3. The van der Waals surface area contributed by atoms with Crippen LogP contribution in [0, 0.1) is 5.92 Å². The fourth-order valence-electron chi connectivity index (χ4n) is 3.05. The van der Waals surface area contributed by atoms with Gasteiger partial charge in [-0.3, -0.25) is 4.79 Å². The molecule has 1 aromatic heterocycles. The lowest BCUT2D eigenvalue weighted by Crippen LogP contribution is -2.43. The Morgan fingerprint density at radius 3 is 3.00 bits per heavy atom. The number of nitrogens with zero attached hydrogens (tertiary/aromatic N) is 2. The van der Waals surface area contributed by atoms with Crippen LogP contribution in [0.1, 0.15) is 32.6 Å². The molecule has 1 aliphatic heterocycles. The summed E-state index contributed by atoms with van der Waals surface area (Å²) in [5.41, 5.74) is 2.16. The number of carbonyl (C=O) groups is 1. The fourth-order valence-corrected chi connectivity index (χ4v) is 3.92. The third-order valence-corrected chi connectivity index (χ3v) is 5.36. The molecule has 4 nitrogen and oxygen atoms in total. The highest BCUT2D eigenvalue weighted by atomic mass is 32.1. The van der Waals surface area contributed by atoms with Gasteiger partial charge >= 0.3 is 0 Å². The van der Waals surface area contributed by atoms with E-state index in [0.717, 1.165) is 61.7 Å². The number of nitrogens with one attached hydrogen (secondary N) is 1. The van der Waals surface area contributed by atoms with Gasteiger partial charge in [-0.05, 0) is 19.3 Å². The molecule has 1 fully saturated rings. The van der Waals surface area contributed by atoms with E-state index in [-0.39, 0.29) is 11.8 Å². The SMILES string of the molecule is CCCCNC(=O)C1CCCN(c2nc(-c3ccccc3)cs2)C1. The minimum atomic E-state index is 0.0830. The molecular weight excluding hydrogens is 318 g/mol. The highest BCUT2D eigenvalue weighted by molar-refractivity contribution is 7.14. The number of piperidine rings is 1. The van der Waals surface area contributed by atoms with Crippen molar-refractivity contribution < 1.29 is 4.79 Å². The van der Waals surface area contributed by atoms with Gasteiger partial charge in [0, 0.05) is 30.6 Å². The summed E-state index contributed by atoms with van der Waals surface area (Å²) in [4.78, 5) is 19.4. The van der Waals surface area contributed by atoms with E-state index in [4.69, 9.17) is 4.98 Å². The standard InChI is InChI=1S/C19H25N3OS/c1-2-3-11-20-18(23)16-10-7-12-22(13-16)19-21-17(14-24-19)15-8-5-4-6-9-15/h4-6,8-9,14,16H,2-3,7,10-13H2,1H3,(H,20,23). The molecule has 2 heterocycles. The van der Waals surface area contributed by atoms with Crippen LogP contribution in [0.15, 0.2) is 35.7 Å². The van der Waals surface area contributed by atoms with Crippen LogP contribution < -0.4 is 10.2 Å². The molecule has 1 atom stereocenters. The van der Waals surface area contributed by atoms with Crippen molar-refractivity contribution in [3.05, 3.63) is 35.7 Å². The number of benzene rings is 1. The van der Waals surface area contributed by atoms with Crippen LogP contribution in [0.25, 0.3) is 11.3 Å². The molecule has 5 heteroatoms. The lowest BCUT2D eigenvalue weighted by molar-refractivity contribution is -0.125. The Bertz CT molecular complexity index is 656. The van der Waals surface area contributed by atoms with Gasteiger partial charge in [-0.1, -0.05) is 43.7 Å². The molecule has 0 aliphatic carbocycles. The predicted octanol–water partition coefficient (Wildman–Crippen LogP) is 3.94. The second kappa shape index (κ2) is 8.29. The fraction of sp³-hybridized carbons (Fsp3) is 0.474. The number of thiazole rings is 1. The van der Waals surface area contributed by atoms with Gasteiger partial charge in [-0.2, -0.15) is 0 Å². The van der Waals surface area contributed by atoms with Gasteiger partial charge < -0.3 is 10.2 Å². The van der Waals surface area contributed by atoms with Crippen molar-refractivity contribution in [2.24, 2.45) is 5.92 Å². The van der Waals surface area contributed by atoms with Crippen LogP contribution in [0.4, 0.5) is 5.13 Å². The first kappa shape index (κ1) is 17.0. The van der Waals surface area contributed by atoms with Gasteiger partial charge in [-0.15, -0.1) is 11.3 Å². The number of carbonyl (C=O) groups excluding carboxylic acids is 1. The Hall–Kier alpha value is -1.88. The number of rotatable bonds is 6. The van der Waals surface area contributed by atoms with E-state index in [9.17, 15) is 4.79 Å². The summed E-state index contributed by atoms with van der Waals surface area (Å²) in [5.74, 6) is 0.285. The minimum Gasteiger partial charge on any atom is -0.356 e.